The first kappa shape index (κ1) is 25.9. The van der Waals surface area contributed by atoms with Gasteiger partial charge < -0.3 is 24.3 Å². The van der Waals surface area contributed by atoms with Crippen molar-refractivity contribution >= 4 is 35.8 Å². The predicted molar refractivity (Wildman–Crippen MR) is 133 cm³/mol. The molecule has 8 nitrogen and oxygen atoms in total. The van der Waals surface area contributed by atoms with Gasteiger partial charge in [0.05, 0.1) is 19.5 Å². The summed E-state index contributed by atoms with van der Waals surface area (Å²) in [6, 6.07) is 3.95. The molecule has 0 saturated carbocycles. The van der Waals surface area contributed by atoms with E-state index in [-0.39, 0.29) is 29.9 Å². The summed E-state index contributed by atoms with van der Waals surface area (Å²) in [4.78, 5) is 23.7. The van der Waals surface area contributed by atoms with Crippen LogP contribution in [-0.4, -0.2) is 98.7 Å². The van der Waals surface area contributed by atoms with Crippen LogP contribution in [0.3, 0.4) is 0 Å². The van der Waals surface area contributed by atoms with Crippen LogP contribution < -0.4 is 5.32 Å². The molecule has 0 bridgehead atoms. The van der Waals surface area contributed by atoms with Gasteiger partial charge in [0.2, 0.25) is 0 Å². The van der Waals surface area contributed by atoms with Crippen LogP contribution in [0.25, 0.3) is 0 Å². The zero-order valence-corrected chi connectivity index (χ0v) is 21.4. The number of morpholine rings is 1. The lowest BCUT2D eigenvalue weighted by Crippen LogP contribution is -2.57. The molecule has 1 amide bonds. The maximum Gasteiger partial charge on any atom is 0.289 e. The van der Waals surface area contributed by atoms with Crippen LogP contribution in [0, 0.1) is 5.92 Å². The second-order valence-electron chi connectivity index (χ2n) is 7.98. The number of rotatable bonds is 7. The second-order valence-corrected chi connectivity index (χ2v) is 7.98. The van der Waals surface area contributed by atoms with Crippen LogP contribution >= 0.6 is 24.0 Å². The van der Waals surface area contributed by atoms with Crippen molar-refractivity contribution in [3.8, 4) is 0 Å². The first-order valence-electron chi connectivity index (χ1n) is 11.3. The Morgan fingerprint density at radius 3 is 2.29 bits per heavy atom. The zero-order chi connectivity index (χ0) is 21.3. The lowest BCUT2D eigenvalue weighted by molar-refractivity contribution is 0.00254. The van der Waals surface area contributed by atoms with Crippen molar-refractivity contribution in [3.63, 3.8) is 0 Å². The molecular formula is C22H38IN5O3. The number of ether oxygens (including phenoxy) is 1. The van der Waals surface area contributed by atoms with E-state index in [0.29, 0.717) is 30.8 Å². The minimum Gasteiger partial charge on any atom is -0.459 e. The number of hydrogen-bond donors (Lipinski definition) is 1. The number of carbonyl (C=O) groups excluding carboxylic acids is 1. The Labute approximate surface area is 203 Å². The molecule has 3 heterocycles. The Kier molecular flexibility index (Phi) is 11.1. The van der Waals surface area contributed by atoms with Gasteiger partial charge in [0, 0.05) is 58.9 Å². The largest absolute Gasteiger partial charge is 0.459 e. The normalized spacial score (nSPS) is 19.3. The number of nitrogens with zero attached hydrogens (tertiary/aromatic N) is 4. The van der Waals surface area contributed by atoms with Gasteiger partial charge in [-0.2, -0.15) is 0 Å². The van der Waals surface area contributed by atoms with Crippen LogP contribution in [0.2, 0.25) is 0 Å². The van der Waals surface area contributed by atoms with Crippen LogP contribution in [0.1, 0.15) is 37.2 Å². The van der Waals surface area contributed by atoms with Crippen molar-refractivity contribution in [2.75, 3.05) is 66.1 Å². The highest BCUT2D eigenvalue weighted by Crippen LogP contribution is 2.20. The molecule has 0 spiro atoms. The molecule has 176 valence electrons. The van der Waals surface area contributed by atoms with Gasteiger partial charge in [-0.15, -0.1) is 24.0 Å². The summed E-state index contributed by atoms with van der Waals surface area (Å²) in [5.74, 6) is 1.94. The summed E-state index contributed by atoms with van der Waals surface area (Å²) in [6.07, 6.45) is 3.89. The van der Waals surface area contributed by atoms with Gasteiger partial charge in [-0.1, -0.05) is 26.7 Å². The summed E-state index contributed by atoms with van der Waals surface area (Å²) in [5, 5.41) is 3.63. The summed E-state index contributed by atoms with van der Waals surface area (Å²) in [6.45, 7) is 11.9. The number of hydrogen-bond acceptors (Lipinski definition) is 5. The Morgan fingerprint density at radius 2 is 1.74 bits per heavy atom. The lowest BCUT2D eigenvalue weighted by atomic mass is 9.92. The molecule has 0 radical (unpaired) electrons. The molecule has 2 aliphatic rings. The molecule has 31 heavy (non-hydrogen) atoms. The van der Waals surface area contributed by atoms with E-state index >= 15 is 0 Å². The quantitative estimate of drug-likeness (QED) is 0.321. The molecule has 1 N–H and O–H groups in total. The molecule has 9 heteroatoms. The molecule has 2 saturated heterocycles. The Morgan fingerprint density at radius 1 is 1.10 bits per heavy atom. The number of nitrogens with one attached hydrogen (secondary N) is 1. The highest BCUT2D eigenvalue weighted by Gasteiger charge is 2.29. The number of guanidine groups is 1. The predicted octanol–water partition coefficient (Wildman–Crippen LogP) is 2.37. The van der Waals surface area contributed by atoms with E-state index in [1.165, 1.54) is 12.8 Å². The third kappa shape index (κ3) is 6.82. The summed E-state index contributed by atoms with van der Waals surface area (Å²) < 4.78 is 10.8. The van der Waals surface area contributed by atoms with Crippen molar-refractivity contribution in [3.05, 3.63) is 24.2 Å². The molecule has 1 unspecified atom stereocenters. The SMILES string of the molecule is CCC(CC)C(CNC(=NC)N1CCN(C(=O)c2ccco2)CC1)N1CCOCC1.I. The molecule has 2 fully saturated rings. The molecule has 3 rings (SSSR count). The highest BCUT2D eigenvalue weighted by atomic mass is 127. The van der Waals surface area contributed by atoms with Crippen molar-refractivity contribution in [1.29, 1.82) is 0 Å². The van der Waals surface area contributed by atoms with Crippen LogP contribution in [0.5, 0.6) is 0 Å². The fraction of sp³-hybridized carbons (Fsp3) is 0.727. The Bertz CT molecular complexity index is 667. The average Bonchev–Trinajstić information content (AvgIpc) is 3.34. The maximum absolute atomic E-state index is 12.5. The first-order chi connectivity index (χ1) is 14.7. The van der Waals surface area contributed by atoms with Crippen molar-refractivity contribution in [1.82, 2.24) is 20.0 Å². The van der Waals surface area contributed by atoms with Gasteiger partial charge >= 0.3 is 0 Å². The van der Waals surface area contributed by atoms with E-state index in [4.69, 9.17) is 9.15 Å². The third-order valence-corrected chi connectivity index (χ3v) is 6.39. The van der Waals surface area contributed by atoms with Gasteiger partial charge in [0.1, 0.15) is 0 Å². The number of halogens is 1. The Balaban J connectivity index is 0.00000341. The molecular weight excluding hydrogens is 509 g/mol. The highest BCUT2D eigenvalue weighted by molar-refractivity contribution is 14.0. The van der Waals surface area contributed by atoms with Crippen LogP contribution in [0.15, 0.2) is 27.8 Å². The first-order valence-corrected chi connectivity index (χ1v) is 11.3. The van der Waals surface area contributed by atoms with Crippen molar-refractivity contribution in [2.45, 2.75) is 32.7 Å². The van der Waals surface area contributed by atoms with E-state index in [9.17, 15) is 4.79 Å². The number of amides is 1. The minimum absolute atomic E-state index is 0. The van der Waals surface area contributed by atoms with E-state index in [1.807, 2.05) is 11.9 Å². The van der Waals surface area contributed by atoms with Crippen molar-refractivity contribution in [2.24, 2.45) is 10.9 Å². The summed E-state index contributed by atoms with van der Waals surface area (Å²) in [7, 11) is 1.84. The van der Waals surface area contributed by atoms with E-state index in [2.05, 4.69) is 34.0 Å². The molecule has 1 aromatic heterocycles. The Hall–Kier alpha value is -1.33. The van der Waals surface area contributed by atoms with Gasteiger partial charge in [0.15, 0.2) is 11.7 Å². The van der Waals surface area contributed by atoms with Gasteiger partial charge in [-0.25, -0.2) is 0 Å². The smallest absolute Gasteiger partial charge is 0.289 e. The number of carbonyl (C=O) groups is 1. The summed E-state index contributed by atoms with van der Waals surface area (Å²) in [5.41, 5.74) is 0. The fourth-order valence-corrected chi connectivity index (χ4v) is 4.54. The van der Waals surface area contributed by atoms with Crippen LogP contribution in [0.4, 0.5) is 0 Å². The third-order valence-electron chi connectivity index (χ3n) is 6.39. The maximum atomic E-state index is 12.5. The monoisotopic (exact) mass is 547 g/mol. The molecule has 0 aromatic carbocycles. The standard InChI is InChI=1S/C22H37N5O3.HI/c1-4-18(5-2)19(25-12-15-29-16-13-25)17-24-22(23-3)27-10-8-26(9-11-27)21(28)20-7-6-14-30-20;/h6-7,14,18-19H,4-5,8-13,15-17H2,1-3H3,(H,23,24);1H. The van der Waals surface area contributed by atoms with Crippen molar-refractivity contribution < 1.29 is 13.9 Å². The summed E-state index contributed by atoms with van der Waals surface area (Å²) >= 11 is 0. The molecule has 1 aromatic rings. The molecule has 2 aliphatic heterocycles. The van der Waals surface area contributed by atoms with Gasteiger partial charge in [-0.05, 0) is 18.1 Å². The van der Waals surface area contributed by atoms with Crippen LogP contribution in [-0.2, 0) is 4.74 Å². The minimum atomic E-state index is -0.0382. The van der Waals surface area contributed by atoms with E-state index in [1.54, 1.807) is 18.4 Å². The number of piperazine rings is 1. The average molecular weight is 547 g/mol. The second kappa shape index (κ2) is 13.3. The molecule has 0 aliphatic carbocycles. The van der Waals surface area contributed by atoms with Gasteiger partial charge in [0.25, 0.3) is 5.91 Å². The lowest BCUT2D eigenvalue weighted by Gasteiger charge is -2.40. The van der Waals surface area contributed by atoms with E-state index < -0.39 is 0 Å². The zero-order valence-electron chi connectivity index (χ0n) is 19.1. The topological polar surface area (TPSA) is 73.6 Å². The number of aliphatic imine (C=N–C) groups is 1. The number of furan rings is 1. The fourth-order valence-electron chi connectivity index (χ4n) is 4.54. The molecule has 1 atom stereocenters. The van der Waals surface area contributed by atoms with Gasteiger partial charge in [-0.3, -0.25) is 14.7 Å². The van der Waals surface area contributed by atoms with E-state index in [0.717, 1.165) is 51.9 Å².